The van der Waals surface area contributed by atoms with Crippen molar-refractivity contribution in [2.45, 2.75) is 25.9 Å². The Morgan fingerprint density at radius 1 is 1.29 bits per heavy atom. The number of para-hydroxylation sites is 1. The number of aliphatic hydroxyl groups is 1. The molecule has 1 aliphatic rings. The first-order valence-corrected chi connectivity index (χ1v) is 8.39. The number of aliphatic hydroxyl groups excluding tert-OH is 1. The minimum absolute atomic E-state index is 0.0650. The summed E-state index contributed by atoms with van der Waals surface area (Å²) in [5.74, 6) is -0.0650. The fraction of sp³-hybridized carbons (Fsp3) is 0.333. The molecule has 0 bridgehead atoms. The summed E-state index contributed by atoms with van der Waals surface area (Å²) in [5, 5.41) is 14.5. The fourth-order valence-electron chi connectivity index (χ4n) is 2.79. The minimum atomic E-state index is -0.293. The van der Waals surface area contributed by atoms with Crippen molar-refractivity contribution in [2.24, 2.45) is 0 Å². The van der Waals surface area contributed by atoms with E-state index in [4.69, 9.17) is 11.6 Å². The fourth-order valence-corrected chi connectivity index (χ4v) is 3.12. The largest absolute Gasteiger partial charge is 0.393 e. The standard InChI is InChI=1S/C18H20ClN3O2/c1-13-16(7-8-17(24)21-11-9-15(23)10-12-21)18(19)22(20-13)14-5-3-2-4-6-14/h2-8,15,23H,9-12H2,1H3. The molecule has 5 nitrogen and oxygen atoms in total. The number of halogens is 1. The lowest BCUT2D eigenvalue weighted by Gasteiger charge is -2.28. The van der Waals surface area contributed by atoms with Crippen molar-refractivity contribution in [2.75, 3.05) is 13.1 Å². The van der Waals surface area contributed by atoms with Gasteiger partial charge in [-0.15, -0.1) is 0 Å². The van der Waals surface area contributed by atoms with Crippen molar-refractivity contribution in [3.8, 4) is 5.69 Å². The Morgan fingerprint density at radius 3 is 2.62 bits per heavy atom. The molecular weight excluding hydrogens is 326 g/mol. The summed E-state index contributed by atoms with van der Waals surface area (Å²) >= 11 is 6.44. The third-order valence-electron chi connectivity index (χ3n) is 4.22. The van der Waals surface area contributed by atoms with E-state index >= 15 is 0 Å². The van der Waals surface area contributed by atoms with E-state index in [1.54, 1.807) is 15.7 Å². The van der Waals surface area contributed by atoms with E-state index in [0.29, 0.717) is 31.1 Å². The van der Waals surface area contributed by atoms with Crippen LogP contribution in [0.2, 0.25) is 5.15 Å². The molecule has 1 fully saturated rings. The second-order valence-corrected chi connectivity index (χ2v) is 6.29. The molecule has 0 atom stereocenters. The summed E-state index contributed by atoms with van der Waals surface area (Å²) in [5.41, 5.74) is 2.38. The van der Waals surface area contributed by atoms with Crippen LogP contribution < -0.4 is 0 Å². The molecule has 2 heterocycles. The molecule has 3 rings (SSSR count). The van der Waals surface area contributed by atoms with Gasteiger partial charge >= 0.3 is 0 Å². The van der Waals surface area contributed by atoms with Gasteiger partial charge in [-0.25, -0.2) is 4.68 Å². The van der Waals surface area contributed by atoms with E-state index in [1.165, 1.54) is 6.08 Å². The molecule has 1 aromatic carbocycles. The van der Waals surface area contributed by atoms with Crippen molar-refractivity contribution < 1.29 is 9.90 Å². The van der Waals surface area contributed by atoms with Crippen molar-refractivity contribution in [1.29, 1.82) is 0 Å². The summed E-state index contributed by atoms with van der Waals surface area (Å²) < 4.78 is 1.66. The monoisotopic (exact) mass is 345 g/mol. The molecule has 126 valence electrons. The number of carbonyl (C=O) groups excluding carboxylic acids is 1. The number of piperidine rings is 1. The number of aromatic nitrogens is 2. The Hall–Kier alpha value is -2.11. The van der Waals surface area contributed by atoms with E-state index in [-0.39, 0.29) is 12.0 Å². The molecule has 1 amide bonds. The molecule has 0 aliphatic carbocycles. The summed E-state index contributed by atoms with van der Waals surface area (Å²) in [6.45, 7) is 3.04. The molecule has 0 unspecified atom stereocenters. The van der Waals surface area contributed by atoms with E-state index in [9.17, 15) is 9.90 Å². The van der Waals surface area contributed by atoms with E-state index < -0.39 is 0 Å². The maximum Gasteiger partial charge on any atom is 0.246 e. The predicted octanol–water partition coefficient (Wildman–Crippen LogP) is 2.83. The van der Waals surface area contributed by atoms with E-state index in [0.717, 1.165) is 16.9 Å². The van der Waals surface area contributed by atoms with Crippen molar-refractivity contribution in [1.82, 2.24) is 14.7 Å². The SMILES string of the molecule is Cc1nn(-c2ccccc2)c(Cl)c1C=CC(=O)N1CCC(O)CC1. The average Bonchev–Trinajstić information content (AvgIpc) is 2.88. The summed E-state index contributed by atoms with van der Waals surface area (Å²) in [4.78, 5) is 14.0. The maximum absolute atomic E-state index is 12.3. The van der Waals surface area contributed by atoms with Gasteiger partial charge in [0.15, 0.2) is 0 Å². The third-order valence-corrected chi connectivity index (χ3v) is 4.58. The topological polar surface area (TPSA) is 58.4 Å². The van der Waals surface area contributed by atoms with Crippen molar-refractivity contribution >= 4 is 23.6 Å². The first kappa shape index (κ1) is 16.7. The highest BCUT2D eigenvalue weighted by Gasteiger charge is 2.20. The summed E-state index contributed by atoms with van der Waals surface area (Å²) in [6.07, 6.45) is 4.22. The van der Waals surface area contributed by atoms with Crippen LogP contribution in [0.4, 0.5) is 0 Å². The zero-order valence-electron chi connectivity index (χ0n) is 13.5. The zero-order chi connectivity index (χ0) is 17.1. The Bertz CT molecular complexity index is 747. The van der Waals surface area contributed by atoms with Gasteiger partial charge in [-0.3, -0.25) is 4.79 Å². The Morgan fingerprint density at radius 2 is 1.96 bits per heavy atom. The molecule has 0 radical (unpaired) electrons. The first-order valence-electron chi connectivity index (χ1n) is 8.02. The molecule has 1 N–H and O–H groups in total. The van der Waals surface area contributed by atoms with Crippen LogP contribution in [0, 0.1) is 6.92 Å². The maximum atomic E-state index is 12.3. The van der Waals surface area contributed by atoms with E-state index in [2.05, 4.69) is 5.10 Å². The van der Waals surface area contributed by atoms with Gasteiger partial charge in [-0.2, -0.15) is 5.10 Å². The molecule has 0 spiro atoms. The zero-order valence-corrected chi connectivity index (χ0v) is 14.3. The summed E-state index contributed by atoms with van der Waals surface area (Å²) in [6, 6.07) is 9.63. The van der Waals surface area contributed by atoms with Gasteiger partial charge in [-0.05, 0) is 38.0 Å². The molecular formula is C18H20ClN3O2. The minimum Gasteiger partial charge on any atom is -0.393 e. The first-order chi connectivity index (χ1) is 11.6. The van der Waals surface area contributed by atoms with Gasteiger partial charge < -0.3 is 10.0 Å². The van der Waals surface area contributed by atoms with Crippen LogP contribution in [0.25, 0.3) is 11.8 Å². The van der Waals surface area contributed by atoms with Crippen molar-refractivity contribution in [3.05, 3.63) is 52.8 Å². The number of hydrogen-bond donors (Lipinski definition) is 1. The van der Waals surface area contributed by atoms with Crippen LogP contribution >= 0.6 is 11.6 Å². The average molecular weight is 346 g/mol. The van der Waals surface area contributed by atoms with Gasteiger partial charge in [0.1, 0.15) is 5.15 Å². The van der Waals surface area contributed by atoms with Crippen LogP contribution in [0.15, 0.2) is 36.4 Å². The number of aryl methyl sites for hydroxylation is 1. The highest BCUT2D eigenvalue weighted by Crippen LogP contribution is 2.24. The van der Waals surface area contributed by atoms with Crippen LogP contribution in [0.3, 0.4) is 0 Å². The molecule has 24 heavy (non-hydrogen) atoms. The van der Waals surface area contributed by atoms with Gasteiger partial charge in [0, 0.05) is 24.7 Å². The Labute approximate surface area is 146 Å². The quantitative estimate of drug-likeness (QED) is 0.870. The molecule has 0 saturated carbocycles. The highest BCUT2D eigenvalue weighted by molar-refractivity contribution is 6.31. The Balaban J connectivity index is 1.78. The number of likely N-dealkylation sites (tertiary alicyclic amines) is 1. The van der Waals surface area contributed by atoms with Gasteiger partial charge in [0.2, 0.25) is 5.91 Å². The van der Waals surface area contributed by atoms with E-state index in [1.807, 2.05) is 37.3 Å². The number of benzene rings is 1. The number of amides is 1. The van der Waals surface area contributed by atoms with Crippen molar-refractivity contribution in [3.63, 3.8) is 0 Å². The van der Waals surface area contributed by atoms with Crippen LogP contribution in [-0.2, 0) is 4.79 Å². The molecule has 2 aromatic rings. The van der Waals surface area contributed by atoms with Crippen LogP contribution in [0.1, 0.15) is 24.1 Å². The lowest BCUT2D eigenvalue weighted by atomic mass is 10.1. The number of nitrogens with zero attached hydrogens (tertiary/aromatic N) is 3. The second kappa shape index (κ2) is 7.20. The Kier molecular flexibility index (Phi) is 5.02. The molecule has 6 heteroatoms. The van der Waals surface area contributed by atoms with Gasteiger partial charge in [0.05, 0.1) is 17.5 Å². The number of hydrogen-bond acceptors (Lipinski definition) is 3. The van der Waals surface area contributed by atoms with Gasteiger partial charge in [0.25, 0.3) is 0 Å². The second-order valence-electron chi connectivity index (χ2n) is 5.93. The van der Waals surface area contributed by atoms with Crippen LogP contribution in [-0.4, -0.2) is 44.9 Å². The molecule has 1 saturated heterocycles. The number of rotatable bonds is 3. The number of carbonyl (C=O) groups is 1. The highest BCUT2D eigenvalue weighted by atomic mass is 35.5. The lowest BCUT2D eigenvalue weighted by molar-refractivity contribution is -0.127. The van der Waals surface area contributed by atoms with Gasteiger partial charge in [-0.1, -0.05) is 29.8 Å². The molecule has 1 aromatic heterocycles. The smallest absolute Gasteiger partial charge is 0.246 e. The third kappa shape index (κ3) is 3.52. The predicted molar refractivity (Wildman–Crippen MR) is 94.2 cm³/mol. The normalized spacial score (nSPS) is 16.0. The lowest BCUT2D eigenvalue weighted by Crippen LogP contribution is -2.39. The van der Waals surface area contributed by atoms with Crippen LogP contribution in [0.5, 0.6) is 0 Å². The summed E-state index contributed by atoms with van der Waals surface area (Å²) in [7, 11) is 0. The molecule has 1 aliphatic heterocycles.